The fraction of sp³-hybridized carbons (Fsp3) is 0.200. The van der Waals surface area contributed by atoms with Crippen LogP contribution in [0.2, 0.25) is 0 Å². The number of carbonyl (C=O) groups excluding carboxylic acids is 1. The van der Waals surface area contributed by atoms with Gasteiger partial charge in [-0.05, 0) is 17.7 Å². The fourth-order valence-electron chi connectivity index (χ4n) is 1.47. The van der Waals surface area contributed by atoms with E-state index in [1.165, 1.54) is 0 Å². The number of fused-ring (bicyclic) bond motifs is 1. The van der Waals surface area contributed by atoms with Crippen molar-refractivity contribution < 1.29 is 9.21 Å². The summed E-state index contributed by atoms with van der Waals surface area (Å²) in [4.78, 5) is 24.7. The van der Waals surface area contributed by atoms with E-state index in [2.05, 4.69) is 15.8 Å². The highest BCUT2D eigenvalue weighted by Gasteiger charge is 2.05. The molecule has 0 fully saturated rings. The monoisotopic (exact) mass is 221 g/mol. The number of oxazole rings is 1. The van der Waals surface area contributed by atoms with Gasteiger partial charge in [0.25, 0.3) is 0 Å². The van der Waals surface area contributed by atoms with Crippen LogP contribution in [-0.4, -0.2) is 17.9 Å². The molecule has 1 heterocycles. The van der Waals surface area contributed by atoms with Gasteiger partial charge in [-0.2, -0.15) is 0 Å². The van der Waals surface area contributed by atoms with Crippen LogP contribution in [0, 0.1) is 0 Å². The van der Waals surface area contributed by atoms with Gasteiger partial charge in [-0.1, -0.05) is 6.07 Å². The molecule has 0 atom stereocenters. The second-order valence-corrected chi connectivity index (χ2v) is 3.32. The molecule has 1 amide bonds. The number of hydrogen-bond acceptors (Lipinski definition) is 4. The zero-order valence-corrected chi connectivity index (χ0v) is 8.66. The van der Waals surface area contributed by atoms with Crippen LogP contribution in [0.4, 0.5) is 0 Å². The maximum Gasteiger partial charge on any atom is 0.417 e. The molecule has 0 aliphatic heterocycles. The van der Waals surface area contributed by atoms with Crippen molar-refractivity contribution in [2.24, 2.45) is 0 Å². The number of rotatable bonds is 3. The van der Waals surface area contributed by atoms with Crippen molar-refractivity contribution in [3.05, 3.63) is 34.3 Å². The highest BCUT2D eigenvalue weighted by Crippen LogP contribution is 2.12. The van der Waals surface area contributed by atoms with Crippen LogP contribution in [0.3, 0.4) is 0 Å². The molecule has 0 radical (unpaired) electrons. The molecule has 2 aromatic rings. The Balaban J connectivity index is 2.25. The van der Waals surface area contributed by atoms with Crippen LogP contribution in [0.25, 0.3) is 11.1 Å². The van der Waals surface area contributed by atoms with Crippen molar-refractivity contribution in [2.75, 3.05) is 7.05 Å². The molecule has 16 heavy (non-hydrogen) atoms. The molecule has 3 N–H and O–H groups in total. The molecule has 84 valence electrons. The van der Waals surface area contributed by atoms with E-state index in [1.807, 2.05) is 0 Å². The highest BCUT2D eigenvalue weighted by atomic mass is 16.4. The average Bonchev–Trinajstić information content (AvgIpc) is 2.57. The van der Waals surface area contributed by atoms with Gasteiger partial charge in [0.1, 0.15) is 0 Å². The first-order valence-electron chi connectivity index (χ1n) is 4.76. The number of amides is 1. The maximum absolute atomic E-state index is 11.3. The Labute approximate surface area is 90.6 Å². The van der Waals surface area contributed by atoms with Gasteiger partial charge in [0.2, 0.25) is 5.91 Å². The number of carbonyl (C=O) groups is 1. The first-order chi connectivity index (χ1) is 7.69. The molecule has 0 saturated carbocycles. The molecule has 2 rings (SSSR count). The number of hydrogen-bond donors (Lipinski definition) is 3. The minimum Gasteiger partial charge on any atom is -0.408 e. The molecule has 1 aromatic carbocycles. The summed E-state index contributed by atoms with van der Waals surface area (Å²) in [6.07, 6.45) is 0.228. The van der Waals surface area contributed by atoms with Crippen LogP contribution in [0.1, 0.15) is 5.56 Å². The van der Waals surface area contributed by atoms with Gasteiger partial charge in [-0.3, -0.25) is 15.2 Å². The highest BCUT2D eigenvalue weighted by molar-refractivity contribution is 5.80. The average molecular weight is 221 g/mol. The topological polar surface area (TPSA) is 87.1 Å². The molecule has 6 heteroatoms. The number of H-pyrrole nitrogens is 1. The summed E-state index contributed by atoms with van der Waals surface area (Å²) in [5, 5.41) is 0. The predicted octanol–water partition coefficient (Wildman–Crippen LogP) is -0.0858. The Hall–Kier alpha value is -2.08. The Kier molecular flexibility index (Phi) is 2.74. The minimum absolute atomic E-state index is 0.153. The number of aromatic amines is 1. The Bertz CT molecular complexity index is 570. The van der Waals surface area contributed by atoms with E-state index in [0.717, 1.165) is 5.56 Å². The van der Waals surface area contributed by atoms with Crippen molar-refractivity contribution in [3.63, 3.8) is 0 Å². The normalized spacial score (nSPS) is 10.6. The second-order valence-electron chi connectivity index (χ2n) is 3.32. The van der Waals surface area contributed by atoms with Crippen molar-refractivity contribution in [2.45, 2.75) is 6.42 Å². The van der Waals surface area contributed by atoms with E-state index >= 15 is 0 Å². The zero-order chi connectivity index (χ0) is 11.5. The lowest BCUT2D eigenvalue weighted by Gasteiger charge is -2.02. The summed E-state index contributed by atoms with van der Waals surface area (Å²) in [7, 11) is 1.62. The summed E-state index contributed by atoms with van der Waals surface area (Å²) in [6.45, 7) is 0. The molecule has 1 aromatic heterocycles. The van der Waals surface area contributed by atoms with E-state index in [1.54, 1.807) is 25.2 Å². The number of nitrogens with one attached hydrogen (secondary N) is 3. The van der Waals surface area contributed by atoms with E-state index in [4.69, 9.17) is 4.42 Å². The molecule has 0 bridgehead atoms. The summed E-state index contributed by atoms with van der Waals surface area (Å²) in [6, 6.07) is 5.15. The van der Waals surface area contributed by atoms with Gasteiger partial charge < -0.3 is 4.42 Å². The lowest BCUT2D eigenvalue weighted by atomic mass is 10.1. The summed E-state index contributed by atoms with van der Waals surface area (Å²) in [5.41, 5.74) is 6.87. The number of aromatic nitrogens is 1. The molecule has 0 saturated heterocycles. The molecular weight excluding hydrogens is 210 g/mol. The quantitative estimate of drug-likeness (QED) is 0.632. The van der Waals surface area contributed by atoms with Crippen LogP contribution in [0.15, 0.2) is 27.4 Å². The third-order valence-electron chi connectivity index (χ3n) is 2.11. The maximum atomic E-state index is 11.3. The fourth-order valence-corrected chi connectivity index (χ4v) is 1.47. The van der Waals surface area contributed by atoms with Crippen molar-refractivity contribution in [1.82, 2.24) is 15.8 Å². The van der Waals surface area contributed by atoms with Crippen molar-refractivity contribution in [3.8, 4) is 0 Å². The van der Waals surface area contributed by atoms with Gasteiger partial charge in [0.15, 0.2) is 5.58 Å². The third kappa shape index (κ3) is 2.12. The van der Waals surface area contributed by atoms with Crippen molar-refractivity contribution in [1.29, 1.82) is 0 Å². The van der Waals surface area contributed by atoms with Gasteiger partial charge >= 0.3 is 5.76 Å². The lowest BCUT2D eigenvalue weighted by molar-refractivity contribution is -0.121. The van der Waals surface area contributed by atoms with Crippen LogP contribution in [0.5, 0.6) is 0 Å². The molecule has 6 nitrogen and oxygen atoms in total. The number of hydrazine groups is 1. The van der Waals surface area contributed by atoms with Crippen molar-refractivity contribution >= 4 is 17.0 Å². The molecule has 0 aliphatic carbocycles. The largest absolute Gasteiger partial charge is 0.417 e. The smallest absolute Gasteiger partial charge is 0.408 e. The Morgan fingerprint density at radius 2 is 2.31 bits per heavy atom. The Morgan fingerprint density at radius 1 is 1.50 bits per heavy atom. The Morgan fingerprint density at radius 3 is 3.06 bits per heavy atom. The van der Waals surface area contributed by atoms with E-state index in [9.17, 15) is 9.59 Å². The van der Waals surface area contributed by atoms with E-state index in [-0.39, 0.29) is 12.3 Å². The zero-order valence-electron chi connectivity index (χ0n) is 8.66. The summed E-state index contributed by atoms with van der Waals surface area (Å²) in [5.74, 6) is -0.647. The standard InChI is InChI=1S/C10H11N3O3/c1-11-13-9(14)5-6-2-3-7-8(4-6)16-10(15)12-7/h2-4,11H,5H2,1H3,(H,12,15)(H,13,14). The lowest BCUT2D eigenvalue weighted by Crippen LogP contribution is -2.35. The molecule has 0 aliphatic rings. The number of benzene rings is 1. The van der Waals surface area contributed by atoms with Gasteiger partial charge in [0, 0.05) is 7.05 Å². The summed E-state index contributed by atoms with van der Waals surface area (Å²) < 4.78 is 4.89. The summed E-state index contributed by atoms with van der Waals surface area (Å²) >= 11 is 0. The molecular formula is C10H11N3O3. The van der Waals surface area contributed by atoms with Crippen LogP contribution >= 0.6 is 0 Å². The molecule has 0 unspecified atom stereocenters. The van der Waals surface area contributed by atoms with E-state index < -0.39 is 5.76 Å². The predicted molar refractivity (Wildman–Crippen MR) is 57.7 cm³/mol. The van der Waals surface area contributed by atoms with Gasteiger partial charge in [0.05, 0.1) is 11.9 Å². The van der Waals surface area contributed by atoms with Crippen LogP contribution < -0.4 is 16.6 Å². The first kappa shape index (κ1) is 10.4. The SMILES string of the molecule is CNNC(=O)Cc1ccc2[nH]c(=O)oc2c1. The second kappa shape index (κ2) is 4.19. The molecule has 0 spiro atoms. The van der Waals surface area contributed by atoms with Gasteiger partial charge in [-0.15, -0.1) is 0 Å². The first-order valence-corrected chi connectivity index (χ1v) is 4.76. The van der Waals surface area contributed by atoms with Gasteiger partial charge in [-0.25, -0.2) is 10.2 Å². The van der Waals surface area contributed by atoms with Crippen LogP contribution in [-0.2, 0) is 11.2 Å². The minimum atomic E-state index is -0.494. The van der Waals surface area contributed by atoms with E-state index in [0.29, 0.717) is 11.1 Å². The third-order valence-corrected chi connectivity index (χ3v) is 2.11.